The van der Waals surface area contributed by atoms with E-state index in [0.29, 0.717) is 18.7 Å². The van der Waals surface area contributed by atoms with Gasteiger partial charge in [-0.25, -0.2) is 4.39 Å². The Kier molecular flexibility index (Phi) is 3.05. The van der Waals surface area contributed by atoms with Crippen molar-refractivity contribution in [2.75, 3.05) is 17.7 Å². The Labute approximate surface area is 92.6 Å². The first-order valence-electron chi connectivity index (χ1n) is 5.14. The summed E-state index contributed by atoms with van der Waals surface area (Å²) in [6.45, 7) is 0.586. The monoisotopic (exact) mass is 224 g/mol. The minimum Gasteiger partial charge on any atom is -0.399 e. The fraction of sp³-hybridized carbons (Fsp3) is 0.364. The quantitative estimate of drug-likeness (QED) is 0.749. The summed E-state index contributed by atoms with van der Waals surface area (Å²) in [6.07, 6.45) is 1.09. The molecule has 0 bridgehead atoms. The first-order valence-corrected chi connectivity index (χ1v) is 5.14. The SMILES string of the molecule is Nc1ccc(NC(=O)[C@@H]2CCCO2)c(F)c1. The van der Waals surface area contributed by atoms with Crippen molar-refractivity contribution in [1.82, 2.24) is 0 Å². The van der Waals surface area contributed by atoms with Crippen molar-refractivity contribution in [2.45, 2.75) is 18.9 Å². The van der Waals surface area contributed by atoms with Crippen molar-refractivity contribution in [2.24, 2.45) is 0 Å². The number of carbonyl (C=O) groups excluding carboxylic acids is 1. The molecule has 1 amide bonds. The highest BCUT2D eigenvalue weighted by Gasteiger charge is 2.24. The van der Waals surface area contributed by atoms with E-state index in [1.54, 1.807) is 0 Å². The van der Waals surface area contributed by atoms with Gasteiger partial charge in [-0.15, -0.1) is 0 Å². The van der Waals surface area contributed by atoms with Gasteiger partial charge in [-0.2, -0.15) is 0 Å². The van der Waals surface area contributed by atoms with Crippen LogP contribution in [-0.2, 0) is 9.53 Å². The topological polar surface area (TPSA) is 64.3 Å². The Bertz CT molecular complexity index is 403. The molecule has 0 aromatic heterocycles. The molecule has 0 radical (unpaired) electrons. The van der Waals surface area contributed by atoms with Crippen LogP contribution >= 0.6 is 0 Å². The maximum absolute atomic E-state index is 13.4. The summed E-state index contributed by atoms with van der Waals surface area (Å²) in [5.41, 5.74) is 5.86. The van der Waals surface area contributed by atoms with Crippen LogP contribution in [-0.4, -0.2) is 18.6 Å². The van der Waals surface area contributed by atoms with Gasteiger partial charge < -0.3 is 15.8 Å². The summed E-state index contributed by atoms with van der Waals surface area (Å²) in [4.78, 5) is 11.6. The van der Waals surface area contributed by atoms with E-state index in [9.17, 15) is 9.18 Å². The second kappa shape index (κ2) is 4.49. The van der Waals surface area contributed by atoms with E-state index in [2.05, 4.69) is 5.32 Å². The van der Waals surface area contributed by atoms with Gasteiger partial charge in [-0.1, -0.05) is 0 Å². The maximum atomic E-state index is 13.4. The van der Waals surface area contributed by atoms with Gasteiger partial charge in [-0.3, -0.25) is 4.79 Å². The van der Waals surface area contributed by atoms with Crippen LogP contribution in [0.25, 0.3) is 0 Å². The number of carbonyl (C=O) groups is 1. The van der Waals surface area contributed by atoms with E-state index in [1.165, 1.54) is 18.2 Å². The summed E-state index contributed by atoms with van der Waals surface area (Å²) >= 11 is 0. The smallest absolute Gasteiger partial charge is 0.253 e. The van der Waals surface area contributed by atoms with E-state index in [-0.39, 0.29) is 11.6 Å². The third kappa shape index (κ3) is 2.30. The number of nitrogens with two attached hydrogens (primary N) is 1. The normalized spacial score (nSPS) is 19.7. The van der Waals surface area contributed by atoms with Crippen molar-refractivity contribution in [3.63, 3.8) is 0 Å². The van der Waals surface area contributed by atoms with Gasteiger partial charge in [0.05, 0.1) is 5.69 Å². The van der Waals surface area contributed by atoms with Crippen LogP contribution in [0.4, 0.5) is 15.8 Å². The highest BCUT2D eigenvalue weighted by molar-refractivity contribution is 5.94. The predicted octanol–water partition coefficient (Wildman–Crippen LogP) is 1.53. The number of halogens is 1. The highest BCUT2D eigenvalue weighted by Crippen LogP contribution is 2.19. The zero-order chi connectivity index (χ0) is 11.5. The number of nitrogens with one attached hydrogen (secondary N) is 1. The molecule has 1 fully saturated rings. The molecule has 1 heterocycles. The fourth-order valence-electron chi connectivity index (χ4n) is 1.63. The molecule has 0 aliphatic carbocycles. The lowest BCUT2D eigenvalue weighted by Crippen LogP contribution is -2.27. The molecule has 1 aromatic carbocycles. The van der Waals surface area contributed by atoms with Gasteiger partial charge in [0.2, 0.25) is 0 Å². The van der Waals surface area contributed by atoms with Crippen LogP contribution < -0.4 is 11.1 Å². The lowest BCUT2D eigenvalue weighted by atomic mass is 10.2. The Balaban J connectivity index is 2.05. The van der Waals surface area contributed by atoms with E-state index in [1.807, 2.05) is 0 Å². The highest BCUT2D eigenvalue weighted by atomic mass is 19.1. The van der Waals surface area contributed by atoms with Crippen LogP contribution in [0, 0.1) is 5.82 Å². The molecule has 16 heavy (non-hydrogen) atoms. The van der Waals surface area contributed by atoms with Gasteiger partial charge in [0.1, 0.15) is 11.9 Å². The Morgan fingerprint density at radius 2 is 2.38 bits per heavy atom. The van der Waals surface area contributed by atoms with Crippen molar-refractivity contribution in [3.05, 3.63) is 24.0 Å². The average molecular weight is 224 g/mol. The number of amides is 1. The molecule has 3 N–H and O–H groups in total. The third-order valence-corrected chi connectivity index (χ3v) is 2.47. The molecule has 5 heteroatoms. The van der Waals surface area contributed by atoms with Gasteiger partial charge in [0.25, 0.3) is 5.91 Å². The van der Waals surface area contributed by atoms with E-state index in [0.717, 1.165) is 6.42 Å². The van der Waals surface area contributed by atoms with E-state index in [4.69, 9.17) is 10.5 Å². The Hall–Kier alpha value is -1.62. The molecule has 4 nitrogen and oxygen atoms in total. The van der Waals surface area contributed by atoms with Crippen LogP contribution in [0.5, 0.6) is 0 Å². The first kappa shape index (κ1) is 10.9. The molecule has 1 aromatic rings. The van der Waals surface area contributed by atoms with Crippen molar-refractivity contribution in [3.8, 4) is 0 Å². The molecule has 86 valence electrons. The van der Waals surface area contributed by atoms with Crippen LogP contribution in [0.2, 0.25) is 0 Å². The largest absolute Gasteiger partial charge is 0.399 e. The number of hydrogen-bond donors (Lipinski definition) is 2. The molecular formula is C11H13FN2O2. The number of hydrogen-bond acceptors (Lipinski definition) is 3. The molecule has 1 saturated heterocycles. The summed E-state index contributed by atoms with van der Waals surface area (Å²) in [5, 5.41) is 2.48. The zero-order valence-corrected chi connectivity index (χ0v) is 8.70. The van der Waals surface area contributed by atoms with Crippen LogP contribution in [0.1, 0.15) is 12.8 Å². The zero-order valence-electron chi connectivity index (χ0n) is 8.70. The number of ether oxygens (including phenoxy) is 1. The molecule has 0 unspecified atom stereocenters. The van der Waals surface area contributed by atoms with Gasteiger partial charge in [0.15, 0.2) is 0 Å². The van der Waals surface area contributed by atoms with Crippen molar-refractivity contribution < 1.29 is 13.9 Å². The molecule has 0 spiro atoms. The lowest BCUT2D eigenvalue weighted by Gasteiger charge is -2.11. The standard InChI is InChI=1S/C11H13FN2O2/c12-8-6-7(13)3-4-9(8)14-11(15)10-2-1-5-16-10/h3-4,6,10H,1-2,5,13H2,(H,14,15)/t10-/m0/s1. The second-order valence-electron chi connectivity index (χ2n) is 3.73. The van der Waals surface area contributed by atoms with E-state index >= 15 is 0 Å². The fourth-order valence-corrected chi connectivity index (χ4v) is 1.63. The average Bonchev–Trinajstić information content (AvgIpc) is 2.75. The third-order valence-electron chi connectivity index (χ3n) is 2.47. The second-order valence-corrected chi connectivity index (χ2v) is 3.73. The Morgan fingerprint density at radius 3 is 3.00 bits per heavy atom. The lowest BCUT2D eigenvalue weighted by molar-refractivity contribution is -0.124. The number of rotatable bonds is 2. The van der Waals surface area contributed by atoms with Crippen LogP contribution in [0.15, 0.2) is 18.2 Å². The maximum Gasteiger partial charge on any atom is 0.253 e. The van der Waals surface area contributed by atoms with Gasteiger partial charge >= 0.3 is 0 Å². The summed E-state index contributed by atoms with van der Waals surface area (Å²) in [6, 6.07) is 4.15. The Morgan fingerprint density at radius 1 is 1.56 bits per heavy atom. The number of nitrogen functional groups attached to an aromatic ring is 1. The summed E-state index contributed by atoms with van der Waals surface area (Å²) in [7, 11) is 0. The molecule has 0 saturated carbocycles. The molecule has 1 aliphatic heterocycles. The molecule has 2 rings (SSSR count). The van der Waals surface area contributed by atoms with E-state index < -0.39 is 11.9 Å². The molecular weight excluding hydrogens is 211 g/mol. The van der Waals surface area contributed by atoms with Gasteiger partial charge in [-0.05, 0) is 31.0 Å². The molecule has 1 aliphatic rings. The number of benzene rings is 1. The minimum atomic E-state index is -0.536. The van der Waals surface area contributed by atoms with Crippen molar-refractivity contribution >= 4 is 17.3 Å². The molecule has 1 atom stereocenters. The summed E-state index contributed by atoms with van der Waals surface area (Å²) < 4.78 is 18.6. The first-order chi connectivity index (χ1) is 7.66. The summed E-state index contributed by atoms with van der Waals surface area (Å²) in [5.74, 6) is -0.840. The van der Waals surface area contributed by atoms with Crippen molar-refractivity contribution in [1.29, 1.82) is 0 Å². The van der Waals surface area contributed by atoms with Crippen LogP contribution in [0.3, 0.4) is 0 Å². The van der Waals surface area contributed by atoms with Gasteiger partial charge in [0, 0.05) is 12.3 Å². The minimum absolute atomic E-state index is 0.134. The number of anilines is 2. The predicted molar refractivity (Wildman–Crippen MR) is 58.4 cm³/mol.